The lowest BCUT2D eigenvalue weighted by Gasteiger charge is -2.33. The van der Waals surface area contributed by atoms with Crippen LogP contribution in [0.1, 0.15) is 38.0 Å². The van der Waals surface area contributed by atoms with E-state index >= 15 is 0 Å². The molecule has 2 rings (SSSR count). The number of piperidine rings is 1. The number of carbonyl (C=O) groups is 1. The van der Waals surface area contributed by atoms with Crippen molar-refractivity contribution in [2.75, 3.05) is 33.4 Å². The molecule has 2 heterocycles. The summed E-state index contributed by atoms with van der Waals surface area (Å²) in [5, 5.41) is 5.81. The molecule has 0 aliphatic carbocycles. The fourth-order valence-electron chi connectivity index (χ4n) is 2.88. The van der Waals surface area contributed by atoms with E-state index in [1.165, 1.54) is 19.3 Å². The molecule has 2 atom stereocenters. The maximum atomic E-state index is 12.0. The second kappa shape index (κ2) is 8.80. The standard InChI is InChI=1S/C16H27N3O3/c1-13(12-21-2)18-16(20)17-11-14(15-7-6-10-22-15)19-8-4-3-5-9-19/h6-7,10,13-14H,3-5,8-9,11-12H2,1-2H3,(H2,17,18,20). The third-order valence-corrected chi connectivity index (χ3v) is 3.95. The van der Waals surface area contributed by atoms with Gasteiger partial charge in [0.25, 0.3) is 0 Å². The molecule has 1 aromatic heterocycles. The number of urea groups is 1. The maximum absolute atomic E-state index is 12.0. The van der Waals surface area contributed by atoms with E-state index in [0.717, 1.165) is 18.8 Å². The van der Waals surface area contributed by atoms with Gasteiger partial charge in [0.1, 0.15) is 5.76 Å². The largest absolute Gasteiger partial charge is 0.468 e. The summed E-state index contributed by atoms with van der Waals surface area (Å²) < 4.78 is 10.6. The summed E-state index contributed by atoms with van der Waals surface area (Å²) >= 11 is 0. The third-order valence-electron chi connectivity index (χ3n) is 3.95. The Balaban J connectivity index is 1.88. The molecular weight excluding hydrogens is 282 g/mol. The first kappa shape index (κ1) is 16.8. The van der Waals surface area contributed by atoms with E-state index in [0.29, 0.717) is 13.2 Å². The average Bonchev–Trinajstić information content (AvgIpc) is 3.03. The summed E-state index contributed by atoms with van der Waals surface area (Å²) in [6, 6.07) is 3.79. The number of nitrogens with one attached hydrogen (secondary N) is 2. The van der Waals surface area contributed by atoms with Gasteiger partial charge in [0.15, 0.2) is 0 Å². The highest BCUT2D eigenvalue weighted by Crippen LogP contribution is 2.24. The summed E-state index contributed by atoms with van der Waals surface area (Å²) in [6.45, 7) is 5.06. The van der Waals surface area contributed by atoms with Gasteiger partial charge in [-0.2, -0.15) is 0 Å². The van der Waals surface area contributed by atoms with E-state index in [4.69, 9.17) is 9.15 Å². The van der Waals surface area contributed by atoms with Crippen LogP contribution in [0.15, 0.2) is 22.8 Å². The molecule has 22 heavy (non-hydrogen) atoms. The molecule has 0 bridgehead atoms. The average molecular weight is 309 g/mol. The Hall–Kier alpha value is -1.53. The Labute approximate surface area is 132 Å². The Morgan fingerprint density at radius 1 is 1.41 bits per heavy atom. The van der Waals surface area contributed by atoms with Crippen LogP contribution in [0.3, 0.4) is 0 Å². The van der Waals surface area contributed by atoms with E-state index in [9.17, 15) is 4.79 Å². The van der Waals surface area contributed by atoms with E-state index in [1.807, 2.05) is 19.1 Å². The van der Waals surface area contributed by atoms with E-state index in [2.05, 4.69) is 15.5 Å². The molecule has 1 aliphatic heterocycles. The van der Waals surface area contributed by atoms with Gasteiger partial charge in [-0.1, -0.05) is 6.42 Å². The zero-order valence-corrected chi connectivity index (χ0v) is 13.5. The lowest BCUT2D eigenvalue weighted by Crippen LogP contribution is -2.46. The number of furan rings is 1. The van der Waals surface area contributed by atoms with Gasteiger partial charge in [-0.15, -0.1) is 0 Å². The summed E-state index contributed by atoms with van der Waals surface area (Å²) in [4.78, 5) is 14.3. The van der Waals surface area contributed by atoms with E-state index < -0.39 is 0 Å². The van der Waals surface area contributed by atoms with Crippen LogP contribution in [0.5, 0.6) is 0 Å². The maximum Gasteiger partial charge on any atom is 0.315 e. The minimum atomic E-state index is -0.168. The lowest BCUT2D eigenvalue weighted by atomic mass is 10.1. The van der Waals surface area contributed by atoms with Crippen LogP contribution in [0.2, 0.25) is 0 Å². The minimum Gasteiger partial charge on any atom is -0.468 e. The summed E-state index contributed by atoms with van der Waals surface area (Å²) in [5.74, 6) is 0.909. The number of nitrogens with zero attached hydrogens (tertiary/aromatic N) is 1. The smallest absolute Gasteiger partial charge is 0.315 e. The molecule has 6 nitrogen and oxygen atoms in total. The second-order valence-corrected chi connectivity index (χ2v) is 5.84. The normalized spacial score (nSPS) is 18.6. The van der Waals surface area contributed by atoms with Crippen LogP contribution < -0.4 is 10.6 Å². The number of hydrogen-bond acceptors (Lipinski definition) is 4. The molecule has 0 aromatic carbocycles. The quantitative estimate of drug-likeness (QED) is 0.810. The Morgan fingerprint density at radius 2 is 2.18 bits per heavy atom. The van der Waals surface area contributed by atoms with E-state index in [-0.39, 0.29) is 18.1 Å². The number of hydrogen-bond donors (Lipinski definition) is 2. The molecule has 1 aliphatic rings. The van der Waals surface area contributed by atoms with Gasteiger partial charge in [0, 0.05) is 13.7 Å². The van der Waals surface area contributed by atoms with Gasteiger partial charge in [0.2, 0.25) is 0 Å². The molecule has 2 N–H and O–H groups in total. The molecule has 2 unspecified atom stereocenters. The van der Waals surface area contributed by atoms with Crippen molar-refractivity contribution in [2.45, 2.75) is 38.3 Å². The van der Waals surface area contributed by atoms with Gasteiger partial charge < -0.3 is 19.8 Å². The molecule has 1 saturated heterocycles. The molecule has 6 heteroatoms. The fourth-order valence-corrected chi connectivity index (χ4v) is 2.88. The predicted molar refractivity (Wildman–Crippen MR) is 84.7 cm³/mol. The zero-order chi connectivity index (χ0) is 15.8. The van der Waals surface area contributed by atoms with Crippen molar-refractivity contribution in [1.29, 1.82) is 0 Å². The first-order chi connectivity index (χ1) is 10.7. The van der Waals surface area contributed by atoms with Crippen molar-refractivity contribution in [1.82, 2.24) is 15.5 Å². The molecular formula is C16H27N3O3. The van der Waals surface area contributed by atoms with Gasteiger partial charge >= 0.3 is 6.03 Å². The van der Waals surface area contributed by atoms with Gasteiger partial charge in [0.05, 0.1) is 25.0 Å². The molecule has 124 valence electrons. The second-order valence-electron chi connectivity index (χ2n) is 5.84. The fraction of sp³-hybridized carbons (Fsp3) is 0.688. The van der Waals surface area contributed by atoms with Crippen LogP contribution in [0.4, 0.5) is 4.79 Å². The number of ether oxygens (including phenoxy) is 1. The summed E-state index contributed by atoms with van der Waals surface area (Å²) in [6.07, 6.45) is 5.37. The van der Waals surface area contributed by atoms with Crippen molar-refractivity contribution in [3.05, 3.63) is 24.2 Å². The van der Waals surface area contributed by atoms with Crippen LogP contribution >= 0.6 is 0 Å². The van der Waals surface area contributed by atoms with Crippen molar-refractivity contribution >= 4 is 6.03 Å². The van der Waals surface area contributed by atoms with Crippen LogP contribution in [0, 0.1) is 0 Å². The SMILES string of the molecule is COCC(C)NC(=O)NCC(c1ccco1)N1CCCCC1. The molecule has 0 saturated carbocycles. The minimum absolute atomic E-state index is 0.0120. The topological polar surface area (TPSA) is 66.7 Å². The van der Waals surface area contributed by atoms with Crippen LogP contribution in [-0.2, 0) is 4.74 Å². The van der Waals surface area contributed by atoms with Gasteiger partial charge in [-0.25, -0.2) is 4.79 Å². The van der Waals surface area contributed by atoms with Crippen LogP contribution in [-0.4, -0.2) is 50.3 Å². The zero-order valence-electron chi connectivity index (χ0n) is 13.5. The van der Waals surface area contributed by atoms with Crippen molar-refractivity contribution in [3.63, 3.8) is 0 Å². The highest BCUT2D eigenvalue weighted by molar-refractivity contribution is 5.74. The number of methoxy groups -OCH3 is 1. The van der Waals surface area contributed by atoms with Crippen molar-refractivity contribution in [2.24, 2.45) is 0 Å². The molecule has 0 radical (unpaired) electrons. The summed E-state index contributed by atoms with van der Waals surface area (Å²) in [7, 11) is 1.62. The molecule has 0 spiro atoms. The van der Waals surface area contributed by atoms with E-state index in [1.54, 1.807) is 13.4 Å². The third kappa shape index (κ3) is 5.03. The van der Waals surface area contributed by atoms with Gasteiger partial charge in [-0.05, 0) is 45.0 Å². The Bertz CT molecular complexity index is 430. The highest BCUT2D eigenvalue weighted by atomic mass is 16.5. The first-order valence-electron chi connectivity index (χ1n) is 8.01. The number of carbonyl (C=O) groups excluding carboxylic acids is 1. The van der Waals surface area contributed by atoms with Gasteiger partial charge in [-0.3, -0.25) is 4.90 Å². The Kier molecular flexibility index (Phi) is 6.74. The van der Waals surface area contributed by atoms with Crippen molar-refractivity contribution in [3.8, 4) is 0 Å². The number of amides is 2. The lowest BCUT2D eigenvalue weighted by molar-refractivity contribution is 0.142. The summed E-state index contributed by atoms with van der Waals surface area (Å²) in [5.41, 5.74) is 0. The first-order valence-corrected chi connectivity index (χ1v) is 8.01. The number of rotatable bonds is 7. The predicted octanol–water partition coefficient (Wildman–Crippen LogP) is 2.14. The van der Waals surface area contributed by atoms with Crippen LogP contribution in [0.25, 0.3) is 0 Å². The Morgan fingerprint density at radius 3 is 2.82 bits per heavy atom. The highest BCUT2D eigenvalue weighted by Gasteiger charge is 2.24. The molecule has 2 amide bonds. The monoisotopic (exact) mass is 309 g/mol. The molecule has 1 aromatic rings. The van der Waals surface area contributed by atoms with Crippen molar-refractivity contribution < 1.29 is 13.9 Å². The molecule has 1 fully saturated rings. The number of likely N-dealkylation sites (tertiary alicyclic amines) is 1.